The summed E-state index contributed by atoms with van der Waals surface area (Å²) in [4.78, 5) is 11.1. The Morgan fingerprint density at radius 1 is 1.11 bits per heavy atom. The van der Waals surface area contributed by atoms with Crippen LogP contribution in [0.4, 0.5) is 0 Å². The molecule has 3 aliphatic carbocycles. The van der Waals surface area contributed by atoms with Gasteiger partial charge in [0.2, 0.25) is 0 Å². The Hall–Kier alpha value is -2.33. The van der Waals surface area contributed by atoms with Gasteiger partial charge in [-0.2, -0.15) is 0 Å². The first-order chi connectivity index (χ1) is 13.2. The third-order valence-electron chi connectivity index (χ3n) is 7.25. The Bertz CT molecular complexity index is 1000. The van der Waals surface area contributed by atoms with Crippen molar-refractivity contribution in [2.45, 2.75) is 50.7 Å². The lowest BCUT2D eigenvalue weighted by Gasteiger charge is -2.45. The van der Waals surface area contributed by atoms with E-state index < -0.39 is 0 Å². The van der Waals surface area contributed by atoms with Crippen molar-refractivity contribution >= 4 is 10.9 Å². The summed E-state index contributed by atoms with van der Waals surface area (Å²) in [5.74, 6) is 2.02. The van der Waals surface area contributed by atoms with Crippen LogP contribution in [-0.4, -0.2) is 32.1 Å². The monoisotopic (exact) mass is 359 g/mol. The summed E-state index contributed by atoms with van der Waals surface area (Å²) in [6.45, 7) is 2.38. The molecule has 1 aliphatic heterocycles. The van der Waals surface area contributed by atoms with Gasteiger partial charge in [-0.3, -0.25) is 9.88 Å². The van der Waals surface area contributed by atoms with Gasteiger partial charge >= 0.3 is 0 Å². The summed E-state index contributed by atoms with van der Waals surface area (Å²) in [5, 5.41) is 11.1. The first-order valence-electron chi connectivity index (χ1n) is 10.2. The van der Waals surface area contributed by atoms with Crippen molar-refractivity contribution in [2.24, 2.45) is 11.8 Å². The lowest BCUT2D eigenvalue weighted by Crippen LogP contribution is -2.49. The van der Waals surface area contributed by atoms with E-state index in [0.29, 0.717) is 12.1 Å². The summed E-state index contributed by atoms with van der Waals surface area (Å²) < 4.78 is 0. The molecule has 4 nitrogen and oxygen atoms in total. The summed E-state index contributed by atoms with van der Waals surface area (Å²) in [7, 11) is 0. The van der Waals surface area contributed by atoms with E-state index in [0.717, 1.165) is 24.0 Å². The molecular weight excluding hydrogens is 334 g/mol. The van der Waals surface area contributed by atoms with Crippen LogP contribution in [0.2, 0.25) is 0 Å². The number of aromatic nitrogens is 2. The van der Waals surface area contributed by atoms with E-state index in [1.54, 1.807) is 12.3 Å². The minimum absolute atomic E-state index is 0.140. The minimum Gasteiger partial charge on any atom is -0.506 e. The number of aromatic hydroxyl groups is 1. The number of nitrogens with zero attached hydrogens (tertiary/aromatic N) is 2. The molecule has 0 spiro atoms. The number of nitrogens with one attached hydrogen (secondary N) is 1. The standard InChI is InChI=1S/C23H25N3O/c1-13-8-18-17-4-2-3-5-19(17)25-22(18)23(20-7-6-16(27)12-24-20)26(13)21-11-14-9-15(21)10-14/h2-7,12-15,21,23,25,27H,8-11H2,1H3/t13-,14?,15?,21?,23-/m1/s1. The zero-order valence-electron chi connectivity index (χ0n) is 15.6. The third-order valence-corrected chi connectivity index (χ3v) is 7.25. The highest BCUT2D eigenvalue weighted by molar-refractivity contribution is 5.85. The summed E-state index contributed by atoms with van der Waals surface area (Å²) in [6, 6.07) is 13.7. The number of aromatic amines is 1. The molecule has 7 rings (SSSR count). The fourth-order valence-corrected chi connectivity index (χ4v) is 6.05. The average molecular weight is 359 g/mol. The highest BCUT2D eigenvalue weighted by Gasteiger charge is 2.51. The Kier molecular flexibility index (Phi) is 3.25. The molecule has 4 aliphatic rings. The van der Waals surface area contributed by atoms with Crippen LogP contribution in [0.3, 0.4) is 0 Å². The molecule has 3 heterocycles. The molecule has 1 unspecified atom stereocenters. The van der Waals surface area contributed by atoms with Gasteiger partial charge in [-0.15, -0.1) is 0 Å². The molecule has 3 fully saturated rings. The quantitative estimate of drug-likeness (QED) is 0.713. The maximum atomic E-state index is 9.76. The van der Waals surface area contributed by atoms with Crippen molar-refractivity contribution in [2.75, 3.05) is 0 Å². The predicted octanol–water partition coefficient (Wildman–Crippen LogP) is 4.40. The highest BCUT2D eigenvalue weighted by Crippen LogP contribution is 2.54. The second-order valence-corrected chi connectivity index (χ2v) is 8.81. The zero-order chi connectivity index (χ0) is 18.1. The van der Waals surface area contributed by atoms with E-state index in [-0.39, 0.29) is 11.8 Å². The van der Waals surface area contributed by atoms with E-state index in [4.69, 9.17) is 0 Å². The smallest absolute Gasteiger partial charge is 0.133 e. The molecule has 3 saturated carbocycles. The van der Waals surface area contributed by atoms with Crippen molar-refractivity contribution in [3.05, 3.63) is 59.5 Å². The maximum absolute atomic E-state index is 9.76. The van der Waals surface area contributed by atoms with Gasteiger partial charge in [0.15, 0.2) is 0 Å². The van der Waals surface area contributed by atoms with Crippen LogP contribution < -0.4 is 0 Å². The number of H-pyrrole nitrogens is 1. The molecule has 0 radical (unpaired) electrons. The molecule has 2 aromatic heterocycles. The number of rotatable bonds is 2. The van der Waals surface area contributed by atoms with Crippen molar-refractivity contribution in [3.8, 4) is 5.75 Å². The zero-order valence-corrected chi connectivity index (χ0v) is 15.6. The van der Waals surface area contributed by atoms with Crippen LogP contribution in [0.25, 0.3) is 10.9 Å². The number of benzene rings is 1. The Morgan fingerprint density at radius 2 is 1.96 bits per heavy atom. The lowest BCUT2D eigenvalue weighted by atomic mass is 9.82. The predicted molar refractivity (Wildman–Crippen MR) is 106 cm³/mol. The van der Waals surface area contributed by atoms with Gasteiger partial charge in [-0.25, -0.2) is 0 Å². The number of pyridine rings is 1. The SMILES string of the molecule is C[C@@H]1Cc2c([nH]c3ccccc23)[C@@H](c2ccc(O)cn2)N1C1CC2CC1C2. The molecular formula is C23H25N3O. The molecule has 3 atom stereocenters. The highest BCUT2D eigenvalue weighted by atomic mass is 16.3. The van der Waals surface area contributed by atoms with Crippen LogP contribution in [0.15, 0.2) is 42.6 Å². The lowest BCUT2D eigenvalue weighted by molar-refractivity contribution is 0.0694. The number of hydrogen-bond acceptors (Lipinski definition) is 3. The van der Waals surface area contributed by atoms with Crippen molar-refractivity contribution in [1.82, 2.24) is 14.9 Å². The van der Waals surface area contributed by atoms with E-state index in [9.17, 15) is 5.11 Å². The Labute approximate surface area is 159 Å². The normalized spacial score (nSPS) is 32.4. The van der Waals surface area contributed by atoms with E-state index in [1.807, 2.05) is 6.07 Å². The van der Waals surface area contributed by atoms with Gasteiger partial charge in [-0.05, 0) is 68.2 Å². The maximum Gasteiger partial charge on any atom is 0.133 e. The first kappa shape index (κ1) is 15.7. The molecule has 3 aromatic rings. The first-order valence-corrected chi connectivity index (χ1v) is 10.2. The molecule has 4 heteroatoms. The van der Waals surface area contributed by atoms with Gasteiger partial charge in [0.05, 0.1) is 17.9 Å². The van der Waals surface area contributed by atoms with Gasteiger partial charge in [0.1, 0.15) is 5.75 Å². The van der Waals surface area contributed by atoms with Crippen LogP contribution >= 0.6 is 0 Å². The summed E-state index contributed by atoms with van der Waals surface area (Å²) in [6.07, 6.45) is 6.82. The number of fused-ring (bicyclic) bond motifs is 4. The Morgan fingerprint density at radius 3 is 2.70 bits per heavy atom. The van der Waals surface area contributed by atoms with Crippen LogP contribution in [-0.2, 0) is 6.42 Å². The average Bonchev–Trinajstić information content (AvgIpc) is 3.33. The molecule has 2 N–H and O–H groups in total. The number of para-hydroxylation sites is 1. The Balaban J connectivity index is 1.54. The molecule has 27 heavy (non-hydrogen) atoms. The van der Waals surface area contributed by atoms with Gasteiger partial charge in [0, 0.05) is 28.7 Å². The van der Waals surface area contributed by atoms with Crippen molar-refractivity contribution in [3.63, 3.8) is 0 Å². The number of hydrogen-bond donors (Lipinski definition) is 2. The molecule has 0 amide bonds. The summed E-state index contributed by atoms with van der Waals surface area (Å²) in [5.41, 5.74) is 5.00. The van der Waals surface area contributed by atoms with Crippen LogP contribution in [0.5, 0.6) is 5.75 Å². The van der Waals surface area contributed by atoms with E-state index in [1.165, 1.54) is 41.4 Å². The van der Waals surface area contributed by atoms with Crippen LogP contribution in [0.1, 0.15) is 49.2 Å². The molecule has 138 valence electrons. The largest absolute Gasteiger partial charge is 0.506 e. The third kappa shape index (κ3) is 2.23. The topological polar surface area (TPSA) is 52.1 Å². The van der Waals surface area contributed by atoms with Gasteiger partial charge in [-0.1, -0.05) is 18.2 Å². The minimum atomic E-state index is 0.140. The van der Waals surface area contributed by atoms with Crippen molar-refractivity contribution in [1.29, 1.82) is 0 Å². The molecule has 2 bridgehead atoms. The van der Waals surface area contributed by atoms with E-state index in [2.05, 4.69) is 46.1 Å². The second kappa shape index (κ2) is 5.59. The van der Waals surface area contributed by atoms with E-state index >= 15 is 0 Å². The fourth-order valence-electron chi connectivity index (χ4n) is 6.05. The van der Waals surface area contributed by atoms with Crippen LogP contribution in [0, 0.1) is 11.8 Å². The fraction of sp³-hybridized carbons (Fsp3) is 0.435. The summed E-state index contributed by atoms with van der Waals surface area (Å²) >= 11 is 0. The molecule has 1 aromatic carbocycles. The van der Waals surface area contributed by atoms with Gasteiger partial charge in [0.25, 0.3) is 0 Å². The van der Waals surface area contributed by atoms with Crippen molar-refractivity contribution < 1.29 is 5.11 Å². The molecule has 0 saturated heterocycles. The second-order valence-electron chi connectivity index (χ2n) is 8.81. The van der Waals surface area contributed by atoms with Gasteiger partial charge < -0.3 is 10.1 Å².